The second kappa shape index (κ2) is 4.66. The highest BCUT2D eigenvalue weighted by Gasteiger charge is 2.22. The van der Waals surface area contributed by atoms with Gasteiger partial charge in [-0.2, -0.15) is 0 Å². The molecule has 21 heavy (non-hydrogen) atoms. The number of benzene rings is 2. The van der Waals surface area contributed by atoms with Crippen LogP contribution in [0.5, 0.6) is 11.5 Å². The van der Waals surface area contributed by atoms with Crippen molar-refractivity contribution in [1.82, 2.24) is 10.3 Å². The molecule has 1 aliphatic heterocycles. The first-order chi connectivity index (χ1) is 10.3. The minimum absolute atomic E-state index is 0.0145. The van der Waals surface area contributed by atoms with Crippen LogP contribution in [0, 0.1) is 0 Å². The van der Waals surface area contributed by atoms with E-state index in [1.54, 1.807) is 0 Å². The third-order valence-corrected chi connectivity index (χ3v) is 3.71. The van der Waals surface area contributed by atoms with E-state index in [2.05, 4.69) is 10.3 Å². The highest BCUT2D eigenvalue weighted by molar-refractivity contribution is 6.09. The maximum Gasteiger partial charge on any atom is 0.253 e. The fraction of sp³-hybridized carbons (Fsp3) is 0.118. The number of aromatic nitrogens is 1. The van der Waals surface area contributed by atoms with Crippen LogP contribution in [0.15, 0.2) is 48.5 Å². The van der Waals surface area contributed by atoms with Crippen LogP contribution in [0.25, 0.3) is 10.9 Å². The van der Waals surface area contributed by atoms with Gasteiger partial charge < -0.3 is 15.0 Å². The van der Waals surface area contributed by atoms with Gasteiger partial charge in [-0.25, -0.2) is 0 Å². The molecule has 2 N–H and O–H groups in total. The molecule has 0 aliphatic carbocycles. The number of rotatable bonds is 2. The van der Waals surface area contributed by atoms with Gasteiger partial charge >= 0.3 is 0 Å². The van der Waals surface area contributed by atoms with Gasteiger partial charge in [0.2, 0.25) is 0 Å². The summed E-state index contributed by atoms with van der Waals surface area (Å²) in [7, 11) is 0. The van der Waals surface area contributed by atoms with Crippen LogP contribution < -0.4 is 10.1 Å². The van der Waals surface area contributed by atoms with E-state index in [1.165, 1.54) is 0 Å². The monoisotopic (exact) mass is 278 g/mol. The molecule has 0 bridgehead atoms. The predicted octanol–water partition coefficient (Wildman–Crippen LogP) is 3.25. The molecule has 4 nitrogen and oxygen atoms in total. The van der Waals surface area contributed by atoms with E-state index in [0.29, 0.717) is 6.54 Å². The molecule has 0 saturated carbocycles. The number of ether oxygens (including phenoxy) is 1. The van der Waals surface area contributed by atoms with E-state index in [4.69, 9.17) is 4.74 Å². The zero-order chi connectivity index (χ0) is 14.2. The molecule has 4 heteroatoms. The van der Waals surface area contributed by atoms with E-state index < -0.39 is 0 Å². The molecule has 1 aliphatic rings. The van der Waals surface area contributed by atoms with Crippen molar-refractivity contribution in [2.75, 3.05) is 6.54 Å². The van der Waals surface area contributed by atoms with Crippen molar-refractivity contribution in [3.8, 4) is 11.5 Å². The molecule has 0 fully saturated rings. The molecular weight excluding hydrogens is 264 g/mol. The molecule has 4 rings (SSSR count). The number of para-hydroxylation sites is 1. The normalized spacial score (nSPS) is 13.8. The molecule has 1 aromatic heterocycles. The number of fused-ring (bicyclic) bond motifs is 3. The molecule has 1 amide bonds. The topological polar surface area (TPSA) is 54.1 Å². The van der Waals surface area contributed by atoms with Gasteiger partial charge in [-0.15, -0.1) is 0 Å². The van der Waals surface area contributed by atoms with Crippen LogP contribution in [0.2, 0.25) is 0 Å². The fourth-order valence-corrected chi connectivity index (χ4v) is 2.75. The van der Waals surface area contributed by atoms with E-state index >= 15 is 0 Å². The van der Waals surface area contributed by atoms with Gasteiger partial charge in [0.05, 0.1) is 5.56 Å². The lowest BCUT2D eigenvalue weighted by Gasteiger charge is -2.12. The molecule has 3 aromatic rings. The molecular formula is C17H14N2O2. The summed E-state index contributed by atoms with van der Waals surface area (Å²) >= 11 is 0. The standard InChI is InChI=1S/C17H14N2O2/c20-17-16-13-10-12(21-11-4-2-1-3-5-11)6-7-14(13)19-15(16)8-9-18-17/h1-7,10,19H,8-9H2,(H,18,20). The molecule has 2 aromatic carbocycles. The van der Waals surface area contributed by atoms with Crippen molar-refractivity contribution >= 4 is 16.8 Å². The Hall–Kier alpha value is -2.75. The molecule has 0 saturated heterocycles. The Kier molecular flexibility index (Phi) is 2.67. The largest absolute Gasteiger partial charge is 0.457 e. The Bertz CT molecular complexity index is 821. The Labute approximate surface area is 121 Å². The highest BCUT2D eigenvalue weighted by Crippen LogP contribution is 2.30. The number of nitrogens with one attached hydrogen (secondary N) is 2. The van der Waals surface area contributed by atoms with E-state index in [0.717, 1.165) is 40.1 Å². The van der Waals surface area contributed by atoms with Gasteiger partial charge in [-0.1, -0.05) is 18.2 Å². The smallest absolute Gasteiger partial charge is 0.253 e. The number of aromatic amines is 1. The third-order valence-electron chi connectivity index (χ3n) is 3.71. The maximum atomic E-state index is 12.1. The van der Waals surface area contributed by atoms with Crippen molar-refractivity contribution in [2.24, 2.45) is 0 Å². The maximum absolute atomic E-state index is 12.1. The first-order valence-electron chi connectivity index (χ1n) is 6.97. The van der Waals surface area contributed by atoms with Crippen LogP contribution in [0.3, 0.4) is 0 Å². The van der Waals surface area contributed by atoms with Crippen LogP contribution in [-0.2, 0) is 6.42 Å². The lowest BCUT2D eigenvalue weighted by atomic mass is 10.1. The van der Waals surface area contributed by atoms with Gasteiger partial charge in [-0.3, -0.25) is 4.79 Å². The quantitative estimate of drug-likeness (QED) is 0.756. The van der Waals surface area contributed by atoms with Crippen molar-refractivity contribution < 1.29 is 9.53 Å². The third kappa shape index (κ3) is 2.05. The molecule has 0 spiro atoms. The molecule has 2 heterocycles. The Morgan fingerprint density at radius 2 is 1.86 bits per heavy atom. The second-order valence-electron chi connectivity index (χ2n) is 5.11. The Morgan fingerprint density at radius 3 is 2.71 bits per heavy atom. The average Bonchev–Trinajstić information content (AvgIpc) is 2.87. The molecule has 0 atom stereocenters. The lowest BCUT2D eigenvalue weighted by molar-refractivity contribution is 0.0947. The first kappa shape index (κ1) is 12.0. The average molecular weight is 278 g/mol. The van der Waals surface area contributed by atoms with Gasteiger partial charge in [0.1, 0.15) is 11.5 Å². The van der Waals surface area contributed by atoms with Gasteiger partial charge in [0.15, 0.2) is 0 Å². The van der Waals surface area contributed by atoms with Crippen molar-refractivity contribution in [1.29, 1.82) is 0 Å². The number of hydrogen-bond donors (Lipinski definition) is 2. The minimum atomic E-state index is -0.0145. The number of amides is 1. The summed E-state index contributed by atoms with van der Waals surface area (Å²) in [4.78, 5) is 15.4. The summed E-state index contributed by atoms with van der Waals surface area (Å²) in [5.41, 5.74) is 2.72. The van der Waals surface area contributed by atoms with Crippen LogP contribution in [0.1, 0.15) is 16.1 Å². The number of carbonyl (C=O) groups excluding carboxylic acids is 1. The van der Waals surface area contributed by atoms with Crippen molar-refractivity contribution in [2.45, 2.75) is 6.42 Å². The zero-order valence-corrected chi connectivity index (χ0v) is 11.3. The number of H-pyrrole nitrogens is 1. The Morgan fingerprint density at radius 1 is 1.00 bits per heavy atom. The van der Waals surface area contributed by atoms with Gasteiger partial charge in [0.25, 0.3) is 5.91 Å². The van der Waals surface area contributed by atoms with E-state index in [-0.39, 0.29) is 5.91 Å². The fourth-order valence-electron chi connectivity index (χ4n) is 2.75. The Balaban J connectivity index is 1.79. The summed E-state index contributed by atoms with van der Waals surface area (Å²) in [5.74, 6) is 1.50. The van der Waals surface area contributed by atoms with Crippen LogP contribution in [0.4, 0.5) is 0 Å². The zero-order valence-electron chi connectivity index (χ0n) is 11.3. The van der Waals surface area contributed by atoms with E-state index in [9.17, 15) is 4.79 Å². The SMILES string of the molecule is O=C1NCCc2[nH]c3ccc(Oc4ccccc4)cc3c21. The summed E-state index contributed by atoms with van der Waals surface area (Å²) in [6.07, 6.45) is 0.838. The highest BCUT2D eigenvalue weighted by atomic mass is 16.5. The number of hydrogen-bond acceptors (Lipinski definition) is 2. The van der Waals surface area contributed by atoms with Crippen molar-refractivity contribution in [3.05, 3.63) is 59.8 Å². The lowest BCUT2D eigenvalue weighted by Crippen LogP contribution is -2.31. The number of carbonyl (C=O) groups is 1. The predicted molar refractivity (Wildman–Crippen MR) is 80.9 cm³/mol. The summed E-state index contributed by atoms with van der Waals surface area (Å²) in [6.45, 7) is 0.687. The van der Waals surface area contributed by atoms with E-state index in [1.807, 2.05) is 48.5 Å². The molecule has 104 valence electrons. The minimum Gasteiger partial charge on any atom is -0.457 e. The first-order valence-corrected chi connectivity index (χ1v) is 6.97. The second-order valence-corrected chi connectivity index (χ2v) is 5.11. The van der Waals surface area contributed by atoms with Gasteiger partial charge in [-0.05, 0) is 30.3 Å². The van der Waals surface area contributed by atoms with Crippen LogP contribution in [-0.4, -0.2) is 17.4 Å². The summed E-state index contributed by atoms with van der Waals surface area (Å²) in [6, 6.07) is 15.4. The summed E-state index contributed by atoms with van der Waals surface area (Å²) < 4.78 is 5.84. The molecule has 0 radical (unpaired) electrons. The molecule has 0 unspecified atom stereocenters. The van der Waals surface area contributed by atoms with Crippen LogP contribution >= 0.6 is 0 Å². The van der Waals surface area contributed by atoms with Crippen molar-refractivity contribution in [3.63, 3.8) is 0 Å². The summed E-state index contributed by atoms with van der Waals surface area (Å²) in [5, 5.41) is 3.80. The van der Waals surface area contributed by atoms with Gasteiger partial charge in [0, 0.05) is 29.6 Å².